The van der Waals surface area contributed by atoms with Gasteiger partial charge in [0.05, 0.1) is 12.0 Å². The van der Waals surface area contributed by atoms with E-state index >= 15 is 0 Å². The smallest absolute Gasteiger partial charge is 0.324 e. The van der Waals surface area contributed by atoms with Gasteiger partial charge in [-0.3, -0.25) is 9.59 Å². The van der Waals surface area contributed by atoms with Crippen LogP contribution in [0.1, 0.15) is 19.6 Å². The highest BCUT2D eigenvalue weighted by Gasteiger charge is 2.30. The highest BCUT2D eigenvalue weighted by molar-refractivity contribution is 7.89. The summed E-state index contributed by atoms with van der Waals surface area (Å²) in [4.78, 5) is 24.2. The highest BCUT2D eigenvalue weighted by atomic mass is 32.2. The Balaban J connectivity index is 1.99. The summed E-state index contributed by atoms with van der Waals surface area (Å²) in [6.07, 6.45) is 0. The molecule has 11 heteroatoms. The van der Waals surface area contributed by atoms with Crippen molar-refractivity contribution in [1.82, 2.24) is 9.88 Å². The van der Waals surface area contributed by atoms with Crippen molar-refractivity contribution in [2.45, 2.75) is 31.7 Å². The van der Waals surface area contributed by atoms with Gasteiger partial charge in [-0.2, -0.15) is 4.72 Å². The van der Waals surface area contributed by atoms with E-state index in [1.54, 1.807) is 20.8 Å². The molecule has 0 aliphatic heterocycles. The minimum atomic E-state index is -3.99. The van der Waals surface area contributed by atoms with Crippen molar-refractivity contribution in [3.05, 3.63) is 36.1 Å². The molecule has 2 N–H and O–H groups in total. The summed E-state index contributed by atoms with van der Waals surface area (Å²) < 4.78 is 42.3. The van der Waals surface area contributed by atoms with Gasteiger partial charge in [0, 0.05) is 6.07 Å². The second kappa shape index (κ2) is 9.52. The Labute approximate surface area is 168 Å². The third kappa shape index (κ3) is 6.29. The molecule has 0 saturated carbocycles. The second-order valence-electron chi connectivity index (χ2n) is 6.50. The van der Waals surface area contributed by atoms with Gasteiger partial charge < -0.3 is 19.3 Å². The lowest BCUT2D eigenvalue weighted by molar-refractivity contribution is -0.150. The molecule has 158 valence electrons. The van der Waals surface area contributed by atoms with Crippen LogP contribution in [0.5, 0.6) is 5.75 Å². The molecule has 0 aliphatic rings. The van der Waals surface area contributed by atoms with Gasteiger partial charge in [0.15, 0.2) is 12.4 Å². The minimum Gasteiger partial charge on any atom is -0.497 e. The van der Waals surface area contributed by atoms with Crippen LogP contribution in [0.4, 0.5) is 5.82 Å². The topological polar surface area (TPSA) is 137 Å². The average Bonchev–Trinajstić information content (AvgIpc) is 3.08. The van der Waals surface area contributed by atoms with E-state index in [1.807, 2.05) is 0 Å². The Bertz CT molecular complexity index is 952. The summed E-state index contributed by atoms with van der Waals surface area (Å²) in [5.74, 6) is -0.737. The van der Waals surface area contributed by atoms with Gasteiger partial charge in [0.25, 0.3) is 5.91 Å². The van der Waals surface area contributed by atoms with Crippen molar-refractivity contribution in [3.63, 3.8) is 0 Å². The molecule has 0 saturated heterocycles. The number of hydrogen-bond acceptors (Lipinski definition) is 8. The SMILES string of the molecule is COc1ccc(S(=O)(=O)N[C@H](C(=O)OCC(=O)Nc2cc(C)on2)C(C)C)cc1. The van der Waals surface area contributed by atoms with Crippen LogP contribution < -0.4 is 14.8 Å². The van der Waals surface area contributed by atoms with Crippen LogP contribution in [-0.2, 0) is 24.3 Å². The second-order valence-corrected chi connectivity index (χ2v) is 8.21. The number of aryl methyl sites for hydroxylation is 1. The Hall–Kier alpha value is -2.92. The number of ether oxygens (including phenoxy) is 2. The standard InChI is InChI=1S/C18H23N3O7S/c1-11(2)17(21-29(24,25)14-7-5-13(26-4)6-8-14)18(23)27-10-16(22)19-15-9-12(3)28-20-15/h5-9,11,17,21H,10H2,1-4H3,(H,19,20,22)/t17-/m0/s1. The van der Waals surface area contributed by atoms with Crippen molar-refractivity contribution in [2.75, 3.05) is 19.0 Å². The Morgan fingerprint density at radius 2 is 1.86 bits per heavy atom. The summed E-state index contributed by atoms with van der Waals surface area (Å²) in [5, 5.41) is 5.99. The number of carbonyl (C=O) groups excluding carboxylic acids is 2. The summed E-state index contributed by atoms with van der Waals surface area (Å²) in [5.41, 5.74) is 0. The molecule has 10 nitrogen and oxygen atoms in total. The van der Waals surface area contributed by atoms with E-state index in [9.17, 15) is 18.0 Å². The maximum absolute atomic E-state index is 12.6. The van der Waals surface area contributed by atoms with Crippen molar-refractivity contribution in [1.29, 1.82) is 0 Å². The zero-order valence-corrected chi connectivity index (χ0v) is 17.3. The largest absolute Gasteiger partial charge is 0.497 e. The molecule has 0 fully saturated rings. The normalized spacial score (nSPS) is 12.4. The van der Waals surface area contributed by atoms with Crippen LogP contribution in [0.25, 0.3) is 0 Å². The zero-order chi connectivity index (χ0) is 21.6. The number of methoxy groups -OCH3 is 1. The first-order valence-corrected chi connectivity index (χ1v) is 10.2. The van der Waals surface area contributed by atoms with Crippen LogP contribution >= 0.6 is 0 Å². The van der Waals surface area contributed by atoms with Crippen LogP contribution in [0.2, 0.25) is 0 Å². The van der Waals surface area contributed by atoms with E-state index in [-0.39, 0.29) is 10.7 Å². The third-order valence-corrected chi connectivity index (χ3v) is 5.27. The lowest BCUT2D eigenvalue weighted by atomic mass is 10.1. The first kappa shape index (κ1) is 22.4. The van der Waals surface area contributed by atoms with Crippen molar-refractivity contribution < 1.29 is 32.0 Å². The number of amides is 1. The van der Waals surface area contributed by atoms with E-state index in [0.717, 1.165) is 0 Å². The van der Waals surface area contributed by atoms with Gasteiger partial charge in [0.2, 0.25) is 10.0 Å². The molecule has 0 aliphatic carbocycles. The number of sulfonamides is 1. The predicted octanol–water partition coefficient (Wildman–Crippen LogP) is 1.48. The highest BCUT2D eigenvalue weighted by Crippen LogP contribution is 2.17. The molecule has 2 aromatic rings. The molecule has 0 bridgehead atoms. The van der Waals surface area contributed by atoms with E-state index < -0.39 is 40.5 Å². The summed E-state index contributed by atoms with van der Waals surface area (Å²) in [7, 11) is -2.52. The van der Waals surface area contributed by atoms with Gasteiger partial charge in [-0.25, -0.2) is 8.42 Å². The third-order valence-electron chi connectivity index (χ3n) is 3.81. The van der Waals surface area contributed by atoms with E-state index in [4.69, 9.17) is 14.0 Å². The van der Waals surface area contributed by atoms with E-state index in [1.165, 1.54) is 37.4 Å². The van der Waals surface area contributed by atoms with E-state index in [0.29, 0.717) is 11.5 Å². The maximum atomic E-state index is 12.6. The molecule has 0 spiro atoms. The monoisotopic (exact) mass is 425 g/mol. The molecular formula is C18H23N3O7S. The summed E-state index contributed by atoms with van der Waals surface area (Å²) in [6, 6.07) is 6.03. The first-order valence-electron chi connectivity index (χ1n) is 8.68. The number of nitrogens with zero attached hydrogens (tertiary/aromatic N) is 1. The lowest BCUT2D eigenvalue weighted by Gasteiger charge is -2.20. The number of nitrogens with one attached hydrogen (secondary N) is 2. The molecule has 1 amide bonds. The molecule has 1 atom stereocenters. The number of benzene rings is 1. The summed E-state index contributed by atoms with van der Waals surface area (Å²) >= 11 is 0. The molecule has 1 aromatic heterocycles. The number of esters is 1. The van der Waals surface area contributed by atoms with Crippen molar-refractivity contribution in [3.8, 4) is 5.75 Å². The van der Waals surface area contributed by atoms with Gasteiger partial charge in [-0.05, 0) is 37.1 Å². The van der Waals surface area contributed by atoms with Crippen LogP contribution in [-0.4, -0.2) is 45.2 Å². The van der Waals surface area contributed by atoms with Gasteiger partial charge in [-0.1, -0.05) is 19.0 Å². The van der Waals surface area contributed by atoms with E-state index in [2.05, 4.69) is 15.2 Å². The molecular weight excluding hydrogens is 402 g/mol. The molecule has 0 radical (unpaired) electrons. The molecule has 1 aromatic carbocycles. The Morgan fingerprint density at radius 1 is 1.21 bits per heavy atom. The number of aromatic nitrogens is 1. The van der Waals surface area contributed by atoms with Crippen LogP contribution in [0, 0.1) is 12.8 Å². The quantitative estimate of drug-likeness (QED) is 0.576. The number of anilines is 1. The number of hydrogen-bond donors (Lipinski definition) is 2. The molecule has 0 unspecified atom stereocenters. The zero-order valence-electron chi connectivity index (χ0n) is 16.5. The molecule has 29 heavy (non-hydrogen) atoms. The fourth-order valence-electron chi connectivity index (χ4n) is 2.28. The molecule has 2 rings (SSSR count). The van der Waals surface area contributed by atoms with Gasteiger partial charge in [0.1, 0.15) is 17.6 Å². The Kier molecular flexibility index (Phi) is 7.35. The average molecular weight is 425 g/mol. The van der Waals surface area contributed by atoms with Crippen LogP contribution in [0.15, 0.2) is 39.8 Å². The van der Waals surface area contributed by atoms with Crippen molar-refractivity contribution >= 4 is 27.7 Å². The fourth-order valence-corrected chi connectivity index (χ4v) is 3.61. The lowest BCUT2D eigenvalue weighted by Crippen LogP contribution is -2.45. The van der Waals surface area contributed by atoms with Crippen molar-refractivity contribution in [2.24, 2.45) is 5.92 Å². The maximum Gasteiger partial charge on any atom is 0.324 e. The van der Waals surface area contributed by atoms with Gasteiger partial charge >= 0.3 is 5.97 Å². The van der Waals surface area contributed by atoms with Gasteiger partial charge in [-0.15, -0.1) is 0 Å². The predicted molar refractivity (Wildman–Crippen MR) is 103 cm³/mol. The Morgan fingerprint density at radius 3 is 2.38 bits per heavy atom. The minimum absolute atomic E-state index is 0.0316. The fraction of sp³-hybridized carbons (Fsp3) is 0.389. The number of rotatable bonds is 9. The van der Waals surface area contributed by atoms with Crippen LogP contribution in [0.3, 0.4) is 0 Å². The molecule has 1 heterocycles. The first-order chi connectivity index (χ1) is 13.6. The number of carbonyl (C=O) groups is 2. The summed E-state index contributed by atoms with van der Waals surface area (Å²) in [6.45, 7) is 4.37.